The number of carbonyl (C=O) groups is 2. The molecule has 11 aromatic rings. The van der Waals surface area contributed by atoms with Crippen LogP contribution in [0.25, 0.3) is 122 Å². The summed E-state index contributed by atoms with van der Waals surface area (Å²) in [6.45, 7) is 36.5. The van der Waals surface area contributed by atoms with Gasteiger partial charge in [0.25, 0.3) is 11.8 Å². The molecule has 3 aliphatic heterocycles. The molecule has 2 unspecified atom stereocenters. The number of hydrogen-bond acceptors (Lipinski definition) is 4. The van der Waals surface area contributed by atoms with Gasteiger partial charge < -0.3 is 9.97 Å². The van der Waals surface area contributed by atoms with E-state index in [4.69, 9.17) is 19.9 Å². The average molecular weight is 1290 g/mol. The van der Waals surface area contributed by atoms with Crippen LogP contribution in [0.15, 0.2) is 103 Å². The Morgan fingerprint density at radius 3 is 1.40 bits per heavy atom. The van der Waals surface area contributed by atoms with E-state index in [-0.39, 0.29) is 51.0 Å². The van der Waals surface area contributed by atoms with Gasteiger partial charge in [-0.2, -0.15) is 0 Å². The van der Waals surface area contributed by atoms with Crippen molar-refractivity contribution in [3.05, 3.63) is 170 Å². The Morgan fingerprint density at radius 1 is 0.436 bits per heavy atom. The van der Waals surface area contributed by atoms with Crippen molar-refractivity contribution in [2.75, 3.05) is 4.90 Å². The Morgan fingerprint density at radius 2 is 0.883 bits per heavy atom. The second-order valence-electron chi connectivity index (χ2n) is 31.5. The second-order valence-corrected chi connectivity index (χ2v) is 31.5. The maximum atomic E-state index is 15.3. The number of aromatic nitrogens is 4. The molecule has 0 N–H and O–H groups in total. The Bertz CT molecular complexity index is 4980. The van der Waals surface area contributed by atoms with Crippen molar-refractivity contribution in [1.82, 2.24) is 19.9 Å². The molecule has 2 amide bonds. The first kappa shape index (κ1) is 64.8. The summed E-state index contributed by atoms with van der Waals surface area (Å²) >= 11 is 0. The minimum atomic E-state index is -0.277. The molecule has 0 fully saturated rings. The molecule has 8 heteroatoms. The van der Waals surface area contributed by atoms with Gasteiger partial charge in [-0.15, -0.1) is 22.1 Å². The molecule has 3 aromatic heterocycles. The van der Waals surface area contributed by atoms with Gasteiger partial charge in [-0.05, 0) is 199 Å². The summed E-state index contributed by atoms with van der Waals surface area (Å²) in [7, 11) is 0. The largest absolute Gasteiger partial charge is 2.00 e. The zero-order chi connectivity index (χ0) is 65.4. The van der Waals surface area contributed by atoms with E-state index in [2.05, 4.69) is 226 Å². The fourth-order valence-electron chi connectivity index (χ4n) is 15.7. The number of hydrogen-bond donors (Lipinski definition) is 0. The topological polar surface area (TPSA) is 91.4 Å². The van der Waals surface area contributed by atoms with Crippen LogP contribution in [0.5, 0.6) is 0 Å². The van der Waals surface area contributed by atoms with E-state index in [0.29, 0.717) is 34.8 Å². The average Bonchev–Trinajstić information content (AvgIpc) is 0.913. The van der Waals surface area contributed by atoms with Gasteiger partial charge in [0.15, 0.2) is 0 Å². The van der Waals surface area contributed by atoms with Gasteiger partial charge in [0.2, 0.25) is 0 Å². The Kier molecular flexibility index (Phi) is 16.8. The molecule has 3 aliphatic rings. The molecule has 94 heavy (non-hydrogen) atoms. The third-order valence-electron chi connectivity index (χ3n) is 20.8. The van der Waals surface area contributed by atoms with Gasteiger partial charge >= 0.3 is 16.5 Å². The predicted octanol–water partition coefficient (Wildman–Crippen LogP) is 23.0. The van der Waals surface area contributed by atoms with Crippen LogP contribution in [-0.4, -0.2) is 21.8 Å². The zero-order valence-electron chi connectivity index (χ0n) is 58.1. The molecule has 2 atom stereocenters. The Balaban J connectivity index is 0.00000803. The summed E-state index contributed by atoms with van der Waals surface area (Å²) in [5, 5.41) is 12.5. The van der Waals surface area contributed by atoms with Crippen LogP contribution in [0.4, 0.5) is 5.69 Å². The number of imide groups is 1. The third kappa shape index (κ3) is 11.1. The SMILES string of the molecule is CC(C)CCCC(C)Cc1c2nc(c3c4ccc5c6ccc7c8c(ccc(c9ccc(c%10cc([n-]c%103)c(CC(C)CCCC(C)C)c3nc(c(-c%10cc(C(C)(C)C)cc(C(C)(C)C)c%10)c%10ccc1[n-]%10)C=C3)c4c95)c86)C(=O)N(c1c(C(C)C)cccc1C(C)C)C7=O)C=C2.[Ni+2]. The maximum Gasteiger partial charge on any atom is 2.00 e. The van der Waals surface area contributed by atoms with E-state index >= 15 is 9.59 Å². The molecule has 6 heterocycles. The van der Waals surface area contributed by atoms with Crippen LogP contribution in [0.3, 0.4) is 0 Å². The molecule has 8 bridgehead atoms. The Labute approximate surface area is 565 Å². The van der Waals surface area contributed by atoms with Crippen molar-refractivity contribution >= 4 is 129 Å². The fraction of sp³-hybridized carbons (Fsp3) is 0.372. The van der Waals surface area contributed by atoms with Crippen molar-refractivity contribution in [3.8, 4) is 11.1 Å². The third-order valence-corrected chi connectivity index (χ3v) is 20.8. The summed E-state index contributed by atoms with van der Waals surface area (Å²) < 4.78 is 0. The van der Waals surface area contributed by atoms with E-state index in [9.17, 15) is 0 Å². The molecule has 7 nitrogen and oxygen atoms in total. The van der Waals surface area contributed by atoms with E-state index < -0.39 is 0 Å². The summed E-state index contributed by atoms with van der Waals surface area (Å²) in [6, 6.07) is 37.7. The predicted molar refractivity (Wildman–Crippen MR) is 396 cm³/mol. The molecule has 0 saturated carbocycles. The van der Waals surface area contributed by atoms with Crippen molar-refractivity contribution in [3.63, 3.8) is 0 Å². The maximum absolute atomic E-state index is 15.3. The van der Waals surface area contributed by atoms with Crippen LogP contribution in [-0.2, 0) is 40.2 Å². The molecule has 14 rings (SSSR count). The number of carbonyl (C=O) groups excluding carboxylic acids is 2. The van der Waals surface area contributed by atoms with Gasteiger partial charge in [0.1, 0.15) is 0 Å². The number of para-hydroxylation sites is 1. The number of amides is 2. The molecular weight excluding hydrogens is 1190 g/mol. The monoisotopic (exact) mass is 1280 g/mol. The van der Waals surface area contributed by atoms with Crippen LogP contribution < -0.4 is 14.9 Å². The first-order chi connectivity index (χ1) is 44.3. The fourth-order valence-corrected chi connectivity index (χ4v) is 15.7. The number of anilines is 1. The van der Waals surface area contributed by atoms with Gasteiger partial charge in [-0.25, -0.2) is 14.9 Å². The molecule has 482 valence electrons. The first-order valence-corrected chi connectivity index (χ1v) is 34.8. The van der Waals surface area contributed by atoms with Crippen LogP contribution in [0.2, 0.25) is 0 Å². The smallest absolute Gasteiger partial charge is 0.657 e. The number of benzene rings is 8. The number of fused-ring (bicyclic) bond motifs is 12. The van der Waals surface area contributed by atoms with Crippen LogP contribution in [0.1, 0.15) is 238 Å². The van der Waals surface area contributed by atoms with E-state index in [1.807, 2.05) is 12.1 Å². The van der Waals surface area contributed by atoms with E-state index in [1.165, 1.54) is 35.3 Å². The number of nitrogens with zero attached hydrogens (tertiary/aromatic N) is 5. The van der Waals surface area contributed by atoms with E-state index in [1.54, 1.807) is 0 Å². The van der Waals surface area contributed by atoms with Gasteiger partial charge in [-0.3, -0.25) is 9.59 Å². The first-order valence-electron chi connectivity index (χ1n) is 34.8. The van der Waals surface area contributed by atoms with Crippen molar-refractivity contribution in [1.29, 1.82) is 0 Å². The number of rotatable bonds is 16. The molecule has 8 aromatic carbocycles. The summed E-state index contributed by atoms with van der Waals surface area (Å²) in [4.78, 5) is 55.4. The second kappa shape index (κ2) is 24.4. The normalized spacial score (nSPS) is 14.4. The van der Waals surface area contributed by atoms with Gasteiger partial charge in [-0.1, -0.05) is 240 Å². The molecule has 0 aliphatic carbocycles. The van der Waals surface area contributed by atoms with Gasteiger partial charge in [0.05, 0.1) is 28.5 Å². The van der Waals surface area contributed by atoms with Crippen LogP contribution >= 0.6 is 0 Å². The van der Waals surface area contributed by atoms with Gasteiger partial charge in [0, 0.05) is 16.5 Å². The van der Waals surface area contributed by atoms with E-state index in [0.717, 1.165) is 181 Å². The minimum Gasteiger partial charge on any atom is -0.657 e. The molecule has 0 spiro atoms. The standard InChI is InChI=1S/C86H93N5O2.Ni/c1-46(2)20-17-22-50(9)40-66-68-34-37-71(87-68)75(52-42-53(85(11,12)13)44-54(43-52)86(14,15)16)72-38-35-70(88-72)67(41-51(10)23-18-21-47(3)4)74-45-65-61-27-26-57-59-29-32-63-79-64(84(93)91(83(63)92)82-55(48(5)6)24-19-25-56(82)49(7)8)33-30-60(77(59)79)58-28-31-62(78(61)76(57)58)80(81(65)90-74)73-39-36-69(66)89-73;/h19,24-39,42-51H,17-18,20-23,40-41H2,1-16H3,(H2,87,88,89,90,92,93);/q;+2/p-2. The quantitative estimate of drug-likeness (QED) is 0.0414. The van der Waals surface area contributed by atoms with Crippen molar-refractivity contribution < 1.29 is 26.1 Å². The van der Waals surface area contributed by atoms with Crippen molar-refractivity contribution in [2.24, 2.45) is 23.7 Å². The summed E-state index contributed by atoms with van der Waals surface area (Å²) in [6.07, 6.45) is 17.6. The summed E-state index contributed by atoms with van der Waals surface area (Å²) in [5.74, 6) is 1.70. The molecule has 0 radical (unpaired) electrons. The Hall–Kier alpha value is -7.93. The zero-order valence-corrected chi connectivity index (χ0v) is 59.1. The minimum absolute atomic E-state index is 0. The van der Waals surface area contributed by atoms with Crippen molar-refractivity contribution in [2.45, 2.75) is 185 Å². The summed E-state index contributed by atoms with van der Waals surface area (Å²) in [5.41, 5.74) is 18.1. The van der Waals surface area contributed by atoms with Crippen LogP contribution in [0, 0.1) is 23.7 Å². The molecular formula is C86H91N5NiO2. The molecule has 0 saturated heterocycles.